The second-order valence-corrected chi connectivity index (χ2v) is 5.39. The van der Waals surface area contributed by atoms with Crippen molar-refractivity contribution in [3.8, 4) is 0 Å². The maximum atomic E-state index is 12.5. The quantitative estimate of drug-likeness (QED) is 0.751. The highest BCUT2D eigenvalue weighted by atomic mass is 19.4. The molecule has 1 aliphatic rings. The average molecular weight is 346 g/mol. The Morgan fingerprint density at radius 3 is 2.28 bits per heavy atom. The Morgan fingerprint density at radius 2 is 1.68 bits per heavy atom. The van der Waals surface area contributed by atoms with Gasteiger partial charge >= 0.3 is 6.18 Å². The number of nitrogens with zero attached hydrogens (tertiary/aromatic N) is 4. The number of rotatable bonds is 3. The molecule has 1 aliphatic heterocycles. The summed E-state index contributed by atoms with van der Waals surface area (Å²) in [5.41, 5.74) is 0.534. The molecule has 2 aromatic carbocycles. The SMILES string of the molecule is CC1=NN(c2ccccc2)C(=O)[C@H]1N=Nc1ccc(C(F)(F)F)cc1. The standard InChI is InChI=1S/C17H13F3N4O/c1-11-15(16(25)24(23-11)14-5-3-2-4-6-14)22-21-13-9-7-12(8-10-13)17(18,19)20/h2-10,15H,1H3/t15-/m0/s1. The van der Waals surface area contributed by atoms with Crippen molar-refractivity contribution >= 4 is 23.0 Å². The zero-order valence-electron chi connectivity index (χ0n) is 13.1. The van der Waals surface area contributed by atoms with E-state index in [1.165, 1.54) is 17.1 Å². The number of azo groups is 1. The van der Waals surface area contributed by atoms with E-state index >= 15 is 0 Å². The van der Waals surface area contributed by atoms with Crippen molar-refractivity contribution in [2.75, 3.05) is 5.01 Å². The molecule has 0 fully saturated rings. The molecule has 3 rings (SSSR count). The molecule has 25 heavy (non-hydrogen) atoms. The molecule has 0 radical (unpaired) electrons. The summed E-state index contributed by atoms with van der Waals surface area (Å²) in [6.45, 7) is 1.65. The smallest absolute Gasteiger partial charge is 0.269 e. The number of amides is 1. The minimum absolute atomic E-state index is 0.228. The Balaban J connectivity index is 1.76. The number of para-hydroxylation sites is 1. The number of hydrogen-bond acceptors (Lipinski definition) is 4. The summed E-state index contributed by atoms with van der Waals surface area (Å²) in [6.07, 6.45) is -4.41. The molecule has 1 atom stereocenters. The summed E-state index contributed by atoms with van der Waals surface area (Å²) in [5, 5.41) is 13.2. The van der Waals surface area contributed by atoms with Gasteiger partial charge in [-0.25, -0.2) is 0 Å². The number of hydrogen-bond donors (Lipinski definition) is 0. The lowest BCUT2D eigenvalue weighted by atomic mass is 10.2. The van der Waals surface area contributed by atoms with Crippen molar-refractivity contribution in [2.45, 2.75) is 19.1 Å². The highest BCUT2D eigenvalue weighted by Crippen LogP contribution is 2.30. The zero-order valence-corrected chi connectivity index (χ0v) is 13.1. The Labute approximate surface area is 141 Å². The van der Waals surface area contributed by atoms with E-state index in [0.29, 0.717) is 11.4 Å². The molecule has 8 heteroatoms. The summed E-state index contributed by atoms with van der Waals surface area (Å²) in [4.78, 5) is 12.4. The summed E-state index contributed by atoms with van der Waals surface area (Å²) in [7, 11) is 0. The van der Waals surface area contributed by atoms with Gasteiger partial charge in [0.25, 0.3) is 5.91 Å². The van der Waals surface area contributed by atoms with Crippen LogP contribution >= 0.6 is 0 Å². The lowest BCUT2D eigenvalue weighted by molar-refractivity contribution is -0.137. The van der Waals surface area contributed by atoms with Gasteiger partial charge in [-0.15, -0.1) is 0 Å². The van der Waals surface area contributed by atoms with Crippen LogP contribution in [0.15, 0.2) is 69.9 Å². The molecule has 1 amide bonds. The van der Waals surface area contributed by atoms with Crippen LogP contribution < -0.4 is 5.01 Å². The molecule has 5 nitrogen and oxygen atoms in total. The van der Waals surface area contributed by atoms with E-state index in [1.54, 1.807) is 31.2 Å². The molecule has 0 saturated carbocycles. The first kappa shape index (κ1) is 16.8. The largest absolute Gasteiger partial charge is 0.416 e. The summed E-state index contributed by atoms with van der Waals surface area (Å²) >= 11 is 0. The van der Waals surface area contributed by atoms with Gasteiger partial charge in [0.15, 0.2) is 6.04 Å². The van der Waals surface area contributed by atoms with Crippen molar-refractivity contribution in [1.82, 2.24) is 0 Å². The van der Waals surface area contributed by atoms with Gasteiger partial charge in [0.2, 0.25) is 0 Å². The number of anilines is 1. The Hall–Kier alpha value is -3.03. The second-order valence-electron chi connectivity index (χ2n) is 5.39. The van der Waals surface area contributed by atoms with Gasteiger partial charge in [-0.3, -0.25) is 4.79 Å². The van der Waals surface area contributed by atoms with Crippen molar-refractivity contribution in [3.05, 3.63) is 60.2 Å². The van der Waals surface area contributed by atoms with E-state index in [4.69, 9.17) is 0 Å². The van der Waals surface area contributed by atoms with Gasteiger partial charge in [-0.2, -0.15) is 33.5 Å². The van der Waals surface area contributed by atoms with Gasteiger partial charge < -0.3 is 0 Å². The number of benzene rings is 2. The fraction of sp³-hybridized carbons (Fsp3) is 0.176. The third-order valence-corrected chi connectivity index (χ3v) is 3.58. The van der Waals surface area contributed by atoms with Gasteiger partial charge in [0.05, 0.1) is 22.6 Å². The van der Waals surface area contributed by atoms with Crippen molar-refractivity contribution in [2.24, 2.45) is 15.3 Å². The van der Waals surface area contributed by atoms with Crippen LogP contribution in [0.2, 0.25) is 0 Å². The molecule has 0 bridgehead atoms. The van der Waals surface area contributed by atoms with Crippen LogP contribution in [0.5, 0.6) is 0 Å². The number of carbonyl (C=O) groups excluding carboxylic acids is 1. The van der Waals surface area contributed by atoms with Crippen LogP contribution in [-0.4, -0.2) is 17.7 Å². The zero-order chi connectivity index (χ0) is 18.0. The first-order chi connectivity index (χ1) is 11.9. The summed E-state index contributed by atoms with van der Waals surface area (Å²) in [5.74, 6) is -0.362. The molecule has 128 valence electrons. The van der Waals surface area contributed by atoms with Crippen LogP contribution in [0.3, 0.4) is 0 Å². The minimum atomic E-state index is -4.41. The van der Waals surface area contributed by atoms with Crippen LogP contribution in [-0.2, 0) is 11.0 Å². The Morgan fingerprint density at radius 1 is 1.04 bits per heavy atom. The van der Waals surface area contributed by atoms with E-state index in [9.17, 15) is 18.0 Å². The predicted molar refractivity (Wildman–Crippen MR) is 86.8 cm³/mol. The number of hydrazone groups is 1. The third-order valence-electron chi connectivity index (χ3n) is 3.58. The molecule has 2 aromatic rings. The van der Waals surface area contributed by atoms with Gasteiger partial charge in [0.1, 0.15) is 0 Å². The van der Waals surface area contributed by atoms with Crippen molar-refractivity contribution in [3.63, 3.8) is 0 Å². The van der Waals surface area contributed by atoms with Crippen LogP contribution in [0.25, 0.3) is 0 Å². The van der Waals surface area contributed by atoms with E-state index < -0.39 is 17.8 Å². The van der Waals surface area contributed by atoms with Crippen molar-refractivity contribution in [1.29, 1.82) is 0 Å². The van der Waals surface area contributed by atoms with E-state index in [0.717, 1.165) is 12.1 Å². The molecule has 0 saturated heterocycles. The predicted octanol–water partition coefficient (Wildman–Crippen LogP) is 4.58. The Kier molecular flexibility index (Phi) is 4.35. The topological polar surface area (TPSA) is 57.4 Å². The van der Waals surface area contributed by atoms with E-state index in [2.05, 4.69) is 15.3 Å². The number of carbonyl (C=O) groups is 1. The van der Waals surface area contributed by atoms with E-state index in [1.807, 2.05) is 6.07 Å². The maximum Gasteiger partial charge on any atom is 0.416 e. The fourth-order valence-corrected chi connectivity index (χ4v) is 2.28. The van der Waals surface area contributed by atoms with Crippen molar-refractivity contribution < 1.29 is 18.0 Å². The molecule has 0 spiro atoms. The fourth-order valence-electron chi connectivity index (χ4n) is 2.28. The molecule has 0 unspecified atom stereocenters. The van der Waals surface area contributed by atoms with Gasteiger partial charge in [0, 0.05) is 0 Å². The van der Waals surface area contributed by atoms with Crippen LogP contribution in [0, 0.1) is 0 Å². The Bertz CT molecular complexity index is 829. The first-order valence-electron chi connectivity index (χ1n) is 7.38. The lowest BCUT2D eigenvalue weighted by Crippen LogP contribution is -2.29. The molecular formula is C17H13F3N4O. The average Bonchev–Trinajstić information content (AvgIpc) is 2.88. The summed E-state index contributed by atoms with van der Waals surface area (Å²) < 4.78 is 37.6. The monoisotopic (exact) mass is 346 g/mol. The van der Waals surface area contributed by atoms with Gasteiger partial charge in [-0.1, -0.05) is 18.2 Å². The highest BCUT2D eigenvalue weighted by molar-refractivity contribution is 6.18. The molecule has 1 heterocycles. The molecule has 0 N–H and O–H groups in total. The lowest BCUT2D eigenvalue weighted by Gasteiger charge is -2.11. The summed E-state index contributed by atoms with van der Waals surface area (Å²) in [6, 6.07) is 12.2. The molecule has 0 aromatic heterocycles. The highest BCUT2D eigenvalue weighted by Gasteiger charge is 2.34. The normalized spacial score (nSPS) is 18.1. The van der Waals surface area contributed by atoms with Crippen LogP contribution in [0.1, 0.15) is 12.5 Å². The van der Waals surface area contributed by atoms with E-state index in [-0.39, 0.29) is 11.6 Å². The van der Waals surface area contributed by atoms with Gasteiger partial charge in [-0.05, 0) is 43.3 Å². The second kappa shape index (κ2) is 6.46. The number of halogens is 3. The molecule has 0 aliphatic carbocycles. The van der Waals surface area contributed by atoms with Crippen LogP contribution in [0.4, 0.5) is 24.5 Å². The number of alkyl halides is 3. The maximum absolute atomic E-state index is 12.5. The molecular weight excluding hydrogens is 333 g/mol. The first-order valence-corrected chi connectivity index (χ1v) is 7.38. The third kappa shape index (κ3) is 3.57. The minimum Gasteiger partial charge on any atom is -0.269 e.